The van der Waals surface area contributed by atoms with Crippen molar-refractivity contribution >= 4 is 23.3 Å². The summed E-state index contributed by atoms with van der Waals surface area (Å²) in [6, 6.07) is 4.60. The number of nitro benzene ring substituents is 1. The molecule has 6 N–H and O–H groups in total. The maximum absolute atomic E-state index is 14.6. The molecule has 0 aromatic heterocycles. The number of non-ortho nitro benzene ring substituents is 1. The molecule has 0 radical (unpaired) electrons. The fourth-order valence-electron chi connectivity index (χ4n) is 11.2. The van der Waals surface area contributed by atoms with Gasteiger partial charge < -0.3 is 69.0 Å². The van der Waals surface area contributed by atoms with Gasteiger partial charge in [-0.05, 0) is 85.9 Å². The zero-order chi connectivity index (χ0) is 54.3. The van der Waals surface area contributed by atoms with Crippen molar-refractivity contribution < 1.29 is 73.3 Å². The lowest BCUT2D eigenvalue weighted by molar-refractivity contribution is -0.384. The Kier molecular flexibility index (Phi) is 20.9. The average Bonchev–Trinajstić information content (AvgIpc) is 3.34. The summed E-state index contributed by atoms with van der Waals surface area (Å²) in [6.07, 6.45) is -7.81. The minimum absolute atomic E-state index is 0.0258. The number of hydrogen-bond donors (Lipinski definition) is 6. The molecule has 73 heavy (non-hydrogen) atoms. The molecule has 21 nitrogen and oxygen atoms in total. The second-order valence-corrected chi connectivity index (χ2v) is 21.7. The monoisotopic (exact) mass is 1040 g/mol. The highest BCUT2D eigenvalue weighted by molar-refractivity contribution is 5.94. The first kappa shape index (κ1) is 60.2. The Morgan fingerprint density at radius 2 is 1.66 bits per heavy atom. The summed E-state index contributed by atoms with van der Waals surface area (Å²) >= 11 is 0. The van der Waals surface area contributed by atoms with Crippen LogP contribution in [0.25, 0.3) is 0 Å². The predicted molar refractivity (Wildman–Crippen MR) is 269 cm³/mol. The Morgan fingerprint density at radius 3 is 2.27 bits per heavy atom. The molecule has 414 valence electrons. The number of carbonyl (C=O) groups is 2. The van der Waals surface area contributed by atoms with Crippen LogP contribution < -0.4 is 5.32 Å². The van der Waals surface area contributed by atoms with Crippen LogP contribution in [0.4, 0.5) is 5.69 Å². The lowest BCUT2D eigenvalue weighted by atomic mass is 9.73. The molecule has 0 aliphatic carbocycles. The molecule has 1 unspecified atom stereocenters. The van der Waals surface area contributed by atoms with E-state index in [4.69, 9.17) is 33.3 Å². The first-order valence-electron chi connectivity index (χ1n) is 25.9. The van der Waals surface area contributed by atoms with Gasteiger partial charge in [0.2, 0.25) is 0 Å². The maximum Gasteiger partial charge on any atom is 0.311 e. The zero-order valence-corrected chi connectivity index (χ0v) is 45.1. The number of oxime groups is 1. The molecular formula is C52H85N5O16. The van der Waals surface area contributed by atoms with Crippen LogP contribution in [0.1, 0.15) is 112 Å². The van der Waals surface area contributed by atoms with Crippen LogP contribution >= 0.6 is 0 Å². The normalized spacial score (nSPS) is 41.2. The van der Waals surface area contributed by atoms with Crippen molar-refractivity contribution in [3.05, 3.63) is 52.1 Å². The van der Waals surface area contributed by atoms with Crippen LogP contribution in [0.2, 0.25) is 0 Å². The number of amides is 1. The Balaban J connectivity index is 1.57. The van der Waals surface area contributed by atoms with E-state index in [1.165, 1.54) is 57.2 Å². The summed E-state index contributed by atoms with van der Waals surface area (Å²) in [5, 5.41) is 80.0. The number of nitrogens with zero attached hydrogens (tertiary/aromatic N) is 4. The quantitative estimate of drug-likeness (QED) is 0.0511. The number of nitro groups is 1. The zero-order valence-electron chi connectivity index (χ0n) is 45.1. The molecule has 1 amide bonds. The van der Waals surface area contributed by atoms with Gasteiger partial charge in [0, 0.05) is 88.2 Å². The third-order valence-corrected chi connectivity index (χ3v) is 15.7. The van der Waals surface area contributed by atoms with Gasteiger partial charge in [0.1, 0.15) is 30.5 Å². The Hall–Kier alpha value is -3.71. The van der Waals surface area contributed by atoms with Crippen molar-refractivity contribution in [2.24, 2.45) is 28.8 Å². The third-order valence-electron chi connectivity index (χ3n) is 15.7. The van der Waals surface area contributed by atoms with E-state index in [9.17, 15) is 45.2 Å². The summed E-state index contributed by atoms with van der Waals surface area (Å²) in [7, 11) is 2.97. The van der Waals surface area contributed by atoms with E-state index < -0.39 is 125 Å². The van der Waals surface area contributed by atoms with Crippen molar-refractivity contribution in [1.29, 1.82) is 0 Å². The van der Waals surface area contributed by atoms with Crippen molar-refractivity contribution in [3.63, 3.8) is 0 Å². The van der Waals surface area contributed by atoms with Crippen LogP contribution in [0.3, 0.4) is 0 Å². The number of aliphatic hydroxyl groups is 5. The number of ether oxygens (including phenoxy) is 6. The molecule has 1 aromatic rings. The maximum atomic E-state index is 14.6. The second-order valence-electron chi connectivity index (χ2n) is 21.7. The molecule has 5 rings (SSSR count). The molecule has 1 aromatic carbocycles. The summed E-state index contributed by atoms with van der Waals surface area (Å²) in [5.41, 5.74) is -4.81. The number of cyclic esters (lactones) is 1. The number of hydrogen-bond acceptors (Lipinski definition) is 19. The molecule has 0 saturated carbocycles. The molecule has 4 heterocycles. The highest BCUT2D eigenvalue weighted by atomic mass is 16.7. The summed E-state index contributed by atoms with van der Waals surface area (Å²) in [4.78, 5) is 48.8. The van der Waals surface area contributed by atoms with E-state index >= 15 is 0 Å². The van der Waals surface area contributed by atoms with Crippen LogP contribution in [0.15, 0.2) is 41.6 Å². The Labute approximate surface area is 430 Å². The number of carbonyl (C=O) groups excluding carboxylic acids is 2. The Bertz CT molecular complexity index is 2040. The molecule has 0 spiro atoms. The molecule has 4 fully saturated rings. The fourth-order valence-corrected chi connectivity index (χ4v) is 11.2. The number of nitrogens with one attached hydrogen (secondary N) is 1. The number of benzene rings is 1. The van der Waals surface area contributed by atoms with Crippen LogP contribution in [-0.2, 0) is 38.1 Å². The van der Waals surface area contributed by atoms with Crippen LogP contribution in [0, 0.1) is 33.8 Å². The number of aliphatic hydroxyl groups excluding tert-OH is 3. The topological polar surface area (TPSA) is 274 Å². The first-order valence-corrected chi connectivity index (χ1v) is 25.9. The molecule has 19 atom stereocenters. The standard InChI is InChI=1S/C52H85N5O16/c1-14-39-52(11,64)44(59)32(5)41(54-68-24-16-15-22-56-23-21-53-30(3)28-56)29(2)26-50(9,63)46(33(6)43(34(7)48(62)71-39)72-40-27-51(10,67-13)45(60)35(8)70-40)73-49-42(58)38(25-31(4)69-49)55(12)47(61)36-17-19-37(20-18-36)57(65)66/h15-20,29-35,38-40,42-46,49,53,58-60,63-64H,14,21-28H2,1-13H3/b16-15+,54-41+/t29-,30?,31-,32+,33+,34-,35+,38+,39-,40+,42-,43+,44-,45+,46-,49+,50+,51-,52-/m1/s1. The van der Waals surface area contributed by atoms with E-state index in [2.05, 4.69) is 22.3 Å². The van der Waals surface area contributed by atoms with Crippen molar-refractivity contribution in [2.75, 3.05) is 46.9 Å². The van der Waals surface area contributed by atoms with Gasteiger partial charge in [-0.15, -0.1) is 0 Å². The number of rotatable bonds is 14. The van der Waals surface area contributed by atoms with Crippen molar-refractivity contribution in [2.45, 2.75) is 192 Å². The lowest BCUT2D eigenvalue weighted by Gasteiger charge is -2.49. The summed E-state index contributed by atoms with van der Waals surface area (Å²) in [6.45, 7) is 22.2. The largest absolute Gasteiger partial charge is 0.459 e. The first-order chi connectivity index (χ1) is 34.2. The van der Waals surface area contributed by atoms with Gasteiger partial charge >= 0.3 is 5.97 Å². The summed E-state index contributed by atoms with van der Waals surface area (Å²) in [5.74, 6) is -5.09. The number of esters is 1. The number of methoxy groups -OCH3 is 1. The van der Waals surface area contributed by atoms with Gasteiger partial charge in [0.25, 0.3) is 11.6 Å². The predicted octanol–water partition coefficient (Wildman–Crippen LogP) is 3.56. The number of likely N-dealkylation sites (N-methyl/N-ethyl adjacent to an activating group) is 1. The van der Waals surface area contributed by atoms with E-state index in [0.29, 0.717) is 18.3 Å². The second kappa shape index (κ2) is 25.4. The van der Waals surface area contributed by atoms with Crippen molar-refractivity contribution in [3.8, 4) is 0 Å². The molecule has 0 bridgehead atoms. The van der Waals surface area contributed by atoms with Gasteiger partial charge in [-0.1, -0.05) is 38.9 Å². The fraction of sp³-hybridized carbons (Fsp3) is 0.788. The average molecular weight is 1040 g/mol. The third kappa shape index (κ3) is 14.4. The van der Waals surface area contributed by atoms with Crippen LogP contribution in [0.5, 0.6) is 0 Å². The van der Waals surface area contributed by atoms with E-state index in [1.807, 2.05) is 12.2 Å². The van der Waals surface area contributed by atoms with Crippen LogP contribution in [-0.4, -0.2) is 195 Å². The lowest BCUT2D eigenvalue weighted by Crippen LogP contribution is -2.61. The molecule has 4 aliphatic heterocycles. The molecule has 4 aliphatic rings. The number of piperazine rings is 1. The highest BCUT2D eigenvalue weighted by Gasteiger charge is 2.54. The van der Waals surface area contributed by atoms with E-state index in [1.54, 1.807) is 55.4 Å². The van der Waals surface area contributed by atoms with Gasteiger partial charge in [-0.2, -0.15) is 0 Å². The summed E-state index contributed by atoms with van der Waals surface area (Å²) < 4.78 is 38.1. The molecular weight excluding hydrogens is 951 g/mol. The smallest absolute Gasteiger partial charge is 0.311 e. The Morgan fingerprint density at radius 1 is 0.986 bits per heavy atom. The van der Waals surface area contributed by atoms with Gasteiger partial charge in [0.05, 0.1) is 64.3 Å². The van der Waals surface area contributed by atoms with E-state index in [0.717, 1.165) is 19.6 Å². The van der Waals surface area contributed by atoms with Gasteiger partial charge in [-0.3, -0.25) is 24.6 Å². The minimum atomic E-state index is -2.02. The molecule has 4 saturated heterocycles. The van der Waals surface area contributed by atoms with Gasteiger partial charge in [-0.25, -0.2) is 0 Å². The van der Waals surface area contributed by atoms with Crippen molar-refractivity contribution in [1.82, 2.24) is 15.1 Å². The SMILES string of the molecule is CC[C@H]1OC(=O)[C@H](C)[C@@H](O[C@H]2C[C@@](C)(OC)[C@@H](O)[C@H](C)O2)[C@H](C)[C@@H](O[C@@H]2O[C@H](C)C[C@H](N(C)C(=O)c3ccc([N+](=O)[O-])cc3)[C@H]2O)[C@@](C)(O)C[C@@H](C)/C(=N\OC/C=C/CN2CCNC(C)C2)[C@H](C)[C@@H](O)[C@]1(C)O. The van der Waals surface area contributed by atoms with Gasteiger partial charge in [0.15, 0.2) is 12.6 Å². The molecule has 21 heteroatoms. The minimum Gasteiger partial charge on any atom is -0.459 e. The van der Waals surface area contributed by atoms with E-state index in [-0.39, 0.29) is 43.5 Å². The highest BCUT2D eigenvalue weighted by Crippen LogP contribution is 2.41.